The van der Waals surface area contributed by atoms with Gasteiger partial charge in [0.15, 0.2) is 0 Å². The van der Waals surface area contributed by atoms with Crippen LogP contribution in [0.1, 0.15) is 39.0 Å². The van der Waals surface area contributed by atoms with Crippen LogP contribution in [0.4, 0.5) is 0 Å². The first-order valence-corrected chi connectivity index (χ1v) is 5.90. The van der Waals surface area contributed by atoms with Crippen molar-refractivity contribution in [3.05, 3.63) is 12.3 Å². The number of allylic oxidation sites excluding steroid dienone is 1. The molecule has 2 heteroatoms. The van der Waals surface area contributed by atoms with Crippen molar-refractivity contribution in [2.24, 2.45) is 5.92 Å². The molecule has 1 saturated carbocycles. The predicted octanol–water partition coefficient (Wildman–Crippen LogP) is 2.46. The highest BCUT2D eigenvalue weighted by atomic mass is 16.5. The van der Waals surface area contributed by atoms with Crippen LogP contribution in [-0.2, 0) is 4.74 Å². The zero-order valence-corrected chi connectivity index (χ0v) is 9.04. The molecule has 0 saturated heterocycles. The summed E-state index contributed by atoms with van der Waals surface area (Å²) in [5, 5.41) is 3.60. The summed E-state index contributed by atoms with van der Waals surface area (Å²) in [7, 11) is 0. The van der Waals surface area contributed by atoms with E-state index in [1.165, 1.54) is 32.1 Å². The number of hydrogen-bond donors (Lipinski definition) is 1. The van der Waals surface area contributed by atoms with E-state index in [1.54, 1.807) is 0 Å². The maximum atomic E-state index is 5.52. The lowest BCUT2D eigenvalue weighted by Gasteiger charge is -2.33. The standard InChI is InChI=1S/C12H21NO/c1-10(11-5-4-6-11)13-9-12-7-2-3-8-14-12/h3,8,10-13H,2,4-7,9H2,1H3. The normalized spacial score (nSPS) is 29.4. The molecule has 14 heavy (non-hydrogen) atoms. The van der Waals surface area contributed by atoms with Crippen LogP contribution in [0.3, 0.4) is 0 Å². The number of rotatable bonds is 4. The summed E-state index contributed by atoms with van der Waals surface area (Å²) in [5.74, 6) is 0.925. The van der Waals surface area contributed by atoms with E-state index in [9.17, 15) is 0 Å². The quantitative estimate of drug-likeness (QED) is 0.744. The first-order chi connectivity index (χ1) is 6.86. The lowest BCUT2D eigenvalue weighted by molar-refractivity contribution is 0.112. The van der Waals surface area contributed by atoms with Crippen LogP contribution >= 0.6 is 0 Å². The molecule has 0 spiro atoms. The van der Waals surface area contributed by atoms with Crippen LogP contribution in [0.5, 0.6) is 0 Å². The summed E-state index contributed by atoms with van der Waals surface area (Å²) in [6.45, 7) is 3.32. The minimum absolute atomic E-state index is 0.405. The molecule has 0 bridgehead atoms. The Balaban J connectivity index is 1.63. The number of nitrogens with one attached hydrogen (secondary N) is 1. The molecule has 2 nitrogen and oxygen atoms in total. The molecule has 1 aliphatic carbocycles. The maximum absolute atomic E-state index is 5.52. The Morgan fingerprint density at radius 1 is 1.43 bits per heavy atom. The van der Waals surface area contributed by atoms with Crippen LogP contribution in [0.15, 0.2) is 12.3 Å². The molecule has 80 valence electrons. The smallest absolute Gasteiger partial charge is 0.110 e. The van der Waals surface area contributed by atoms with Gasteiger partial charge in [-0.3, -0.25) is 0 Å². The van der Waals surface area contributed by atoms with Gasteiger partial charge in [0, 0.05) is 12.6 Å². The summed E-state index contributed by atoms with van der Waals surface area (Å²) < 4.78 is 5.52. The average molecular weight is 195 g/mol. The topological polar surface area (TPSA) is 21.3 Å². The third-order valence-electron chi connectivity index (χ3n) is 3.55. The lowest BCUT2D eigenvalue weighted by Crippen LogP contribution is -2.41. The fourth-order valence-electron chi connectivity index (χ4n) is 2.16. The van der Waals surface area contributed by atoms with Gasteiger partial charge in [0.25, 0.3) is 0 Å². The van der Waals surface area contributed by atoms with Crippen LogP contribution < -0.4 is 5.32 Å². The lowest BCUT2D eigenvalue weighted by atomic mass is 9.80. The maximum Gasteiger partial charge on any atom is 0.110 e. The zero-order chi connectivity index (χ0) is 9.80. The molecule has 1 N–H and O–H groups in total. The summed E-state index contributed by atoms with van der Waals surface area (Å²) in [6, 6.07) is 0.679. The van der Waals surface area contributed by atoms with E-state index in [2.05, 4.69) is 18.3 Å². The third kappa shape index (κ3) is 2.50. The van der Waals surface area contributed by atoms with Gasteiger partial charge in [-0.25, -0.2) is 0 Å². The van der Waals surface area contributed by atoms with Crippen LogP contribution in [-0.4, -0.2) is 18.7 Å². The van der Waals surface area contributed by atoms with E-state index in [0.29, 0.717) is 12.1 Å². The highest BCUT2D eigenvalue weighted by molar-refractivity contribution is 4.85. The van der Waals surface area contributed by atoms with Crippen molar-refractivity contribution in [1.82, 2.24) is 5.32 Å². The molecule has 2 rings (SSSR count). The molecule has 1 heterocycles. The molecule has 2 unspecified atom stereocenters. The van der Waals surface area contributed by atoms with Gasteiger partial charge in [-0.05, 0) is 44.6 Å². The second-order valence-electron chi connectivity index (χ2n) is 4.60. The van der Waals surface area contributed by atoms with Gasteiger partial charge in [-0.1, -0.05) is 6.42 Å². The van der Waals surface area contributed by atoms with Gasteiger partial charge in [0.1, 0.15) is 6.10 Å². The Kier molecular flexibility index (Phi) is 3.46. The summed E-state index contributed by atoms with van der Waals surface area (Å²) in [5.41, 5.74) is 0. The molecule has 1 aliphatic heterocycles. The first-order valence-electron chi connectivity index (χ1n) is 5.90. The van der Waals surface area contributed by atoms with Gasteiger partial charge in [-0.15, -0.1) is 0 Å². The fourth-order valence-corrected chi connectivity index (χ4v) is 2.16. The van der Waals surface area contributed by atoms with Crippen molar-refractivity contribution >= 4 is 0 Å². The number of ether oxygens (including phenoxy) is 1. The molecule has 2 atom stereocenters. The van der Waals surface area contributed by atoms with E-state index in [-0.39, 0.29) is 0 Å². The number of hydrogen-bond acceptors (Lipinski definition) is 2. The van der Waals surface area contributed by atoms with Gasteiger partial charge in [0.2, 0.25) is 0 Å². The highest BCUT2D eigenvalue weighted by Gasteiger charge is 2.24. The third-order valence-corrected chi connectivity index (χ3v) is 3.55. The van der Waals surface area contributed by atoms with Crippen molar-refractivity contribution in [3.63, 3.8) is 0 Å². The molecule has 0 aromatic heterocycles. The van der Waals surface area contributed by atoms with E-state index in [4.69, 9.17) is 4.74 Å². The Bertz CT molecular complexity index is 198. The summed E-state index contributed by atoms with van der Waals surface area (Å²) in [6.07, 6.45) is 11.0. The summed E-state index contributed by atoms with van der Waals surface area (Å²) >= 11 is 0. The molecular formula is C12H21NO. The predicted molar refractivity (Wildman–Crippen MR) is 58.1 cm³/mol. The largest absolute Gasteiger partial charge is 0.497 e. The average Bonchev–Trinajstić information content (AvgIpc) is 2.14. The molecular weight excluding hydrogens is 174 g/mol. The zero-order valence-electron chi connectivity index (χ0n) is 9.04. The second-order valence-corrected chi connectivity index (χ2v) is 4.60. The van der Waals surface area contributed by atoms with Gasteiger partial charge in [-0.2, -0.15) is 0 Å². The van der Waals surface area contributed by atoms with Crippen LogP contribution in [0.25, 0.3) is 0 Å². The van der Waals surface area contributed by atoms with Gasteiger partial charge < -0.3 is 10.1 Å². The van der Waals surface area contributed by atoms with Gasteiger partial charge in [0.05, 0.1) is 6.26 Å². The Morgan fingerprint density at radius 3 is 2.86 bits per heavy atom. The molecule has 0 radical (unpaired) electrons. The first kappa shape index (κ1) is 10.0. The minimum Gasteiger partial charge on any atom is -0.497 e. The second kappa shape index (κ2) is 4.83. The summed E-state index contributed by atoms with van der Waals surface area (Å²) in [4.78, 5) is 0. The molecule has 1 fully saturated rings. The van der Waals surface area contributed by atoms with Crippen molar-refractivity contribution < 1.29 is 4.74 Å². The SMILES string of the molecule is CC(NCC1CCC=CO1)C1CCC1. The van der Waals surface area contributed by atoms with Crippen LogP contribution in [0.2, 0.25) is 0 Å². The van der Waals surface area contributed by atoms with E-state index in [0.717, 1.165) is 12.5 Å². The molecule has 0 amide bonds. The van der Waals surface area contributed by atoms with Crippen molar-refractivity contribution in [3.8, 4) is 0 Å². The van der Waals surface area contributed by atoms with E-state index in [1.807, 2.05) is 6.26 Å². The Hall–Kier alpha value is -0.500. The Morgan fingerprint density at radius 2 is 2.29 bits per heavy atom. The van der Waals surface area contributed by atoms with Crippen molar-refractivity contribution in [2.75, 3.05) is 6.54 Å². The minimum atomic E-state index is 0.405. The van der Waals surface area contributed by atoms with Crippen LogP contribution in [0, 0.1) is 5.92 Å². The highest BCUT2D eigenvalue weighted by Crippen LogP contribution is 2.29. The van der Waals surface area contributed by atoms with E-state index >= 15 is 0 Å². The fraction of sp³-hybridized carbons (Fsp3) is 0.833. The van der Waals surface area contributed by atoms with Crippen molar-refractivity contribution in [1.29, 1.82) is 0 Å². The monoisotopic (exact) mass is 195 g/mol. The molecule has 2 aliphatic rings. The molecule has 0 aromatic rings. The van der Waals surface area contributed by atoms with Crippen molar-refractivity contribution in [2.45, 2.75) is 51.2 Å². The Labute approximate surface area is 86.7 Å². The van der Waals surface area contributed by atoms with Gasteiger partial charge >= 0.3 is 0 Å². The van der Waals surface area contributed by atoms with E-state index < -0.39 is 0 Å². The molecule has 0 aromatic carbocycles.